The molecule has 31 heavy (non-hydrogen) atoms. The number of imidazole rings is 1. The number of aryl methyl sites for hydroxylation is 1. The average Bonchev–Trinajstić information content (AvgIpc) is 3.24. The lowest BCUT2D eigenvalue weighted by Gasteiger charge is -2.32. The zero-order valence-electron chi connectivity index (χ0n) is 18.6. The fourth-order valence-electron chi connectivity index (χ4n) is 3.60. The molecule has 1 aromatic carbocycles. The van der Waals surface area contributed by atoms with Gasteiger partial charge in [0.25, 0.3) is 0 Å². The lowest BCUT2D eigenvalue weighted by molar-refractivity contribution is 0.00578. The van der Waals surface area contributed by atoms with E-state index in [9.17, 15) is 0 Å². The van der Waals surface area contributed by atoms with Crippen molar-refractivity contribution >= 4 is 23.6 Å². The summed E-state index contributed by atoms with van der Waals surface area (Å²) in [7, 11) is -0.522. The third-order valence-corrected chi connectivity index (χ3v) is 6.10. The van der Waals surface area contributed by atoms with E-state index in [0.29, 0.717) is 18.7 Å². The second kappa shape index (κ2) is 7.99. The van der Waals surface area contributed by atoms with E-state index in [1.54, 1.807) is 12.5 Å². The van der Waals surface area contributed by atoms with Crippen LogP contribution in [0, 0.1) is 11.3 Å². The Bertz CT molecular complexity index is 1110. The maximum atomic E-state index is 9.03. The molecule has 1 fully saturated rings. The molecule has 0 unspecified atom stereocenters. The predicted molar refractivity (Wildman–Crippen MR) is 119 cm³/mol. The molecule has 1 atom stereocenters. The number of hydrogen-bond donors (Lipinski definition) is 0. The second-order valence-corrected chi connectivity index (χ2v) is 8.84. The van der Waals surface area contributed by atoms with Gasteiger partial charge in [0, 0.05) is 12.7 Å². The monoisotopic (exact) mass is 418 g/mol. The van der Waals surface area contributed by atoms with Crippen molar-refractivity contribution in [2.45, 2.75) is 64.9 Å². The van der Waals surface area contributed by atoms with Gasteiger partial charge in [-0.3, -0.25) is 4.98 Å². The molecule has 160 valence electrons. The van der Waals surface area contributed by atoms with Crippen molar-refractivity contribution in [1.82, 2.24) is 14.5 Å². The van der Waals surface area contributed by atoms with E-state index in [1.807, 2.05) is 69.5 Å². The fraction of sp³-hybridized carbons (Fsp3) is 0.435. The highest BCUT2D eigenvalue weighted by atomic mass is 16.7. The first kappa shape index (κ1) is 21.4. The first-order valence-corrected chi connectivity index (χ1v) is 10.5. The zero-order chi connectivity index (χ0) is 22.2. The molecule has 0 spiro atoms. The summed E-state index contributed by atoms with van der Waals surface area (Å²) < 4.78 is 20.8. The molecule has 3 aromatic rings. The highest BCUT2D eigenvalue weighted by Gasteiger charge is 2.52. The molecule has 0 saturated carbocycles. The van der Waals surface area contributed by atoms with E-state index in [0.717, 1.165) is 22.2 Å². The van der Waals surface area contributed by atoms with Gasteiger partial charge in [0.1, 0.15) is 17.4 Å². The molecule has 0 aliphatic carbocycles. The normalized spacial score (nSPS) is 18.1. The van der Waals surface area contributed by atoms with Gasteiger partial charge in [-0.25, -0.2) is 4.98 Å². The molecule has 4 rings (SSSR count). The number of nitrogens with zero attached hydrogens (tertiary/aromatic N) is 4. The molecule has 7 nitrogen and oxygen atoms in total. The number of pyridine rings is 1. The first-order valence-electron chi connectivity index (χ1n) is 10.5. The Balaban J connectivity index is 1.76. The molecule has 0 N–H and O–H groups in total. The number of nitriles is 1. The predicted octanol–water partition coefficient (Wildman–Crippen LogP) is 3.78. The standard InChI is InChI=1S/C23H27BN4O3/c1-16(18-9-6-7-11-26-18)29-20-14-17(24-30-22(2,3)23(4,5)31-24)13-19-21(20)28(15-27-19)12-8-10-25/h6-7,9,11,13-16H,8,12H2,1-5H3/t16-/m1/s1. The Kier molecular flexibility index (Phi) is 5.50. The van der Waals surface area contributed by atoms with Crippen LogP contribution in [-0.4, -0.2) is 32.9 Å². The van der Waals surface area contributed by atoms with Crippen molar-refractivity contribution in [2.75, 3.05) is 0 Å². The number of benzene rings is 1. The number of aromatic nitrogens is 3. The summed E-state index contributed by atoms with van der Waals surface area (Å²) in [6, 6.07) is 11.9. The Labute approximate surface area is 183 Å². The van der Waals surface area contributed by atoms with Gasteiger partial charge in [0.15, 0.2) is 0 Å². The van der Waals surface area contributed by atoms with Gasteiger partial charge in [0.2, 0.25) is 0 Å². The maximum Gasteiger partial charge on any atom is 0.495 e. The minimum atomic E-state index is -0.522. The quantitative estimate of drug-likeness (QED) is 0.567. The molecule has 3 heterocycles. The summed E-state index contributed by atoms with van der Waals surface area (Å²) in [5, 5.41) is 9.03. The van der Waals surface area contributed by atoms with E-state index < -0.39 is 18.3 Å². The van der Waals surface area contributed by atoms with Crippen LogP contribution >= 0.6 is 0 Å². The van der Waals surface area contributed by atoms with Gasteiger partial charge in [-0.15, -0.1) is 0 Å². The lowest BCUT2D eigenvalue weighted by Crippen LogP contribution is -2.41. The molecular formula is C23H27BN4O3. The van der Waals surface area contributed by atoms with Crippen LogP contribution in [0.5, 0.6) is 5.75 Å². The van der Waals surface area contributed by atoms with Crippen molar-refractivity contribution in [3.8, 4) is 11.8 Å². The van der Waals surface area contributed by atoms with Gasteiger partial charge in [-0.05, 0) is 64.3 Å². The van der Waals surface area contributed by atoms with Crippen molar-refractivity contribution in [1.29, 1.82) is 5.26 Å². The average molecular weight is 418 g/mol. The van der Waals surface area contributed by atoms with Gasteiger partial charge >= 0.3 is 7.12 Å². The Morgan fingerprint density at radius 1 is 1.16 bits per heavy atom. The highest BCUT2D eigenvalue weighted by Crippen LogP contribution is 2.37. The van der Waals surface area contributed by atoms with Crippen LogP contribution in [0.15, 0.2) is 42.9 Å². The summed E-state index contributed by atoms with van der Waals surface area (Å²) >= 11 is 0. The first-order chi connectivity index (χ1) is 14.7. The van der Waals surface area contributed by atoms with Crippen LogP contribution in [0.25, 0.3) is 11.0 Å². The molecule has 1 aliphatic heterocycles. The highest BCUT2D eigenvalue weighted by molar-refractivity contribution is 6.62. The zero-order valence-corrected chi connectivity index (χ0v) is 18.6. The third kappa shape index (κ3) is 4.03. The van der Waals surface area contributed by atoms with Crippen LogP contribution in [0.1, 0.15) is 52.8 Å². The van der Waals surface area contributed by atoms with Gasteiger partial charge in [0.05, 0.1) is 41.2 Å². The molecule has 0 bridgehead atoms. The van der Waals surface area contributed by atoms with Crippen LogP contribution in [-0.2, 0) is 15.9 Å². The molecule has 1 saturated heterocycles. The molecule has 8 heteroatoms. The molecule has 1 aliphatic rings. The van der Waals surface area contributed by atoms with Crippen LogP contribution in [0.3, 0.4) is 0 Å². The Morgan fingerprint density at radius 3 is 2.55 bits per heavy atom. The second-order valence-electron chi connectivity index (χ2n) is 8.84. The third-order valence-electron chi connectivity index (χ3n) is 6.10. The summed E-state index contributed by atoms with van der Waals surface area (Å²) in [5.74, 6) is 0.663. The van der Waals surface area contributed by atoms with Gasteiger partial charge in [-0.2, -0.15) is 5.26 Å². The molecular weight excluding hydrogens is 391 g/mol. The van der Waals surface area contributed by atoms with E-state index in [2.05, 4.69) is 16.0 Å². The van der Waals surface area contributed by atoms with E-state index in [1.165, 1.54) is 0 Å². The van der Waals surface area contributed by atoms with E-state index in [-0.39, 0.29) is 6.10 Å². The molecule has 0 amide bonds. The van der Waals surface area contributed by atoms with Crippen molar-refractivity contribution in [2.24, 2.45) is 0 Å². The number of fused-ring (bicyclic) bond motifs is 1. The molecule has 2 aromatic heterocycles. The van der Waals surface area contributed by atoms with E-state index in [4.69, 9.17) is 19.3 Å². The van der Waals surface area contributed by atoms with Crippen molar-refractivity contribution < 1.29 is 14.0 Å². The van der Waals surface area contributed by atoms with Gasteiger partial charge < -0.3 is 18.6 Å². The topological polar surface area (TPSA) is 82.2 Å². The van der Waals surface area contributed by atoms with Crippen LogP contribution < -0.4 is 10.2 Å². The van der Waals surface area contributed by atoms with E-state index >= 15 is 0 Å². The summed E-state index contributed by atoms with van der Waals surface area (Å²) in [6.45, 7) is 10.6. The largest absolute Gasteiger partial charge is 0.495 e. The summed E-state index contributed by atoms with van der Waals surface area (Å²) in [5.41, 5.74) is 2.41. The SMILES string of the molecule is C[C@@H](Oc1cc(B2OC(C)(C)C(C)(C)O2)cc2ncn(CCC#N)c12)c1ccccn1. The minimum absolute atomic E-state index is 0.266. The number of ether oxygens (including phenoxy) is 1. The Morgan fingerprint density at radius 2 is 1.90 bits per heavy atom. The lowest BCUT2D eigenvalue weighted by atomic mass is 9.78. The smallest absolute Gasteiger partial charge is 0.482 e. The maximum absolute atomic E-state index is 9.03. The molecule has 0 radical (unpaired) electrons. The van der Waals surface area contributed by atoms with Gasteiger partial charge in [-0.1, -0.05) is 6.07 Å². The van der Waals surface area contributed by atoms with Crippen LogP contribution in [0.2, 0.25) is 0 Å². The van der Waals surface area contributed by atoms with Crippen molar-refractivity contribution in [3.63, 3.8) is 0 Å². The number of hydrogen-bond acceptors (Lipinski definition) is 6. The van der Waals surface area contributed by atoms with Crippen LogP contribution in [0.4, 0.5) is 0 Å². The fourth-order valence-corrected chi connectivity index (χ4v) is 3.60. The Hall–Kier alpha value is -2.89. The minimum Gasteiger partial charge on any atom is -0.482 e. The number of rotatable bonds is 6. The summed E-state index contributed by atoms with van der Waals surface area (Å²) in [4.78, 5) is 8.98. The van der Waals surface area contributed by atoms with Crippen molar-refractivity contribution in [3.05, 3.63) is 48.5 Å². The summed E-state index contributed by atoms with van der Waals surface area (Å²) in [6.07, 6.45) is 3.62.